The Labute approximate surface area is 137 Å². The minimum absolute atomic E-state index is 0.403. The van der Waals surface area contributed by atoms with Gasteiger partial charge in [-0.05, 0) is 69.5 Å². The van der Waals surface area contributed by atoms with E-state index in [0.717, 1.165) is 6.54 Å². The van der Waals surface area contributed by atoms with Gasteiger partial charge in [0.2, 0.25) is 0 Å². The summed E-state index contributed by atoms with van der Waals surface area (Å²) in [6.45, 7) is 1.15. The quantitative estimate of drug-likeness (QED) is 0.888. The van der Waals surface area contributed by atoms with Gasteiger partial charge >= 0.3 is 0 Å². The van der Waals surface area contributed by atoms with E-state index >= 15 is 0 Å². The molecule has 1 saturated carbocycles. The minimum Gasteiger partial charge on any atom is -0.312 e. The molecule has 0 saturated heterocycles. The van der Waals surface area contributed by atoms with Crippen molar-refractivity contribution in [1.29, 1.82) is 0 Å². The van der Waals surface area contributed by atoms with Gasteiger partial charge in [0.05, 0.1) is 0 Å². The molecule has 2 nitrogen and oxygen atoms in total. The monoisotopic (exact) mass is 350 g/mol. The van der Waals surface area contributed by atoms with Gasteiger partial charge in [-0.1, -0.05) is 34.8 Å². The Kier molecular flexibility index (Phi) is 4.72. The molecule has 0 aromatic heterocycles. The van der Waals surface area contributed by atoms with Crippen molar-refractivity contribution in [3.63, 3.8) is 0 Å². The molecule has 3 rings (SSSR count). The van der Waals surface area contributed by atoms with Crippen LogP contribution in [0.15, 0.2) is 22.7 Å². The molecule has 116 valence electrons. The highest BCUT2D eigenvalue weighted by atomic mass is 79.9. The first-order chi connectivity index (χ1) is 10.1. The highest BCUT2D eigenvalue weighted by Crippen LogP contribution is 2.33. The molecule has 1 aromatic rings. The van der Waals surface area contributed by atoms with Crippen LogP contribution in [0.5, 0.6) is 0 Å². The van der Waals surface area contributed by atoms with Gasteiger partial charge in [0.25, 0.3) is 0 Å². The van der Waals surface area contributed by atoms with E-state index in [0.29, 0.717) is 11.6 Å². The summed E-state index contributed by atoms with van der Waals surface area (Å²) in [5.74, 6) is 0. The average Bonchev–Trinajstić information content (AvgIpc) is 2.95. The van der Waals surface area contributed by atoms with E-state index in [1.54, 1.807) is 0 Å². The summed E-state index contributed by atoms with van der Waals surface area (Å²) in [6, 6.07) is 7.42. The Bertz CT molecular complexity index is 492. The molecule has 2 aliphatic rings. The number of halogens is 1. The van der Waals surface area contributed by atoms with Crippen LogP contribution in [0, 0.1) is 0 Å². The number of likely N-dealkylation sites (N-methyl/N-ethyl adjacent to an activating group) is 1. The van der Waals surface area contributed by atoms with Crippen LogP contribution in [0.2, 0.25) is 0 Å². The molecule has 3 heteroatoms. The van der Waals surface area contributed by atoms with Gasteiger partial charge in [-0.25, -0.2) is 0 Å². The maximum absolute atomic E-state index is 3.89. The normalized spacial score (nSPS) is 24.3. The number of nitrogens with one attached hydrogen (secondary N) is 1. The van der Waals surface area contributed by atoms with Crippen LogP contribution >= 0.6 is 15.9 Å². The first-order valence-electron chi connectivity index (χ1n) is 8.27. The van der Waals surface area contributed by atoms with Crippen molar-refractivity contribution in [2.24, 2.45) is 0 Å². The number of aryl methyl sites for hydroxylation is 1. The van der Waals surface area contributed by atoms with Gasteiger partial charge in [0.15, 0.2) is 0 Å². The van der Waals surface area contributed by atoms with E-state index in [-0.39, 0.29) is 0 Å². The third-order valence-corrected chi connectivity index (χ3v) is 6.09. The van der Waals surface area contributed by atoms with Gasteiger partial charge < -0.3 is 10.2 Å². The van der Waals surface area contributed by atoms with E-state index in [2.05, 4.69) is 58.4 Å². The van der Waals surface area contributed by atoms with E-state index in [9.17, 15) is 0 Å². The third kappa shape index (κ3) is 3.35. The second-order valence-electron chi connectivity index (χ2n) is 7.06. The number of nitrogens with zero attached hydrogens (tertiary/aromatic N) is 1. The summed E-state index contributed by atoms with van der Waals surface area (Å²) >= 11 is 3.58. The van der Waals surface area contributed by atoms with Crippen molar-refractivity contribution in [3.05, 3.63) is 33.8 Å². The second-order valence-corrected chi connectivity index (χ2v) is 7.98. The van der Waals surface area contributed by atoms with Crippen LogP contribution in [-0.2, 0) is 12.8 Å². The Morgan fingerprint density at radius 2 is 2.00 bits per heavy atom. The highest BCUT2D eigenvalue weighted by molar-refractivity contribution is 9.10. The van der Waals surface area contributed by atoms with E-state index in [4.69, 9.17) is 0 Å². The molecule has 2 aliphatic carbocycles. The van der Waals surface area contributed by atoms with Crippen molar-refractivity contribution >= 4 is 15.9 Å². The summed E-state index contributed by atoms with van der Waals surface area (Å²) in [7, 11) is 4.50. The Morgan fingerprint density at radius 1 is 1.24 bits per heavy atom. The Balaban J connectivity index is 1.61. The zero-order valence-corrected chi connectivity index (χ0v) is 14.9. The molecule has 1 atom stereocenters. The number of hydrogen-bond donors (Lipinski definition) is 1. The number of benzene rings is 1. The Hall–Kier alpha value is -0.380. The molecule has 0 spiro atoms. The fourth-order valence-corrected chi connectivity index (χ4v) is 4.46. The van der Waals surface area contributed by atoms with Gasteiger partial charge in [-0.3, -0.25) is 0 Å². The lowest BCUT2D eigenvalue weighted by Gasteiger charge is -2.38. The molecule has 0 amide bonds. The Morgan fingerprint density at radius 3 is 2.71 bits per heavy atom. The molecule has 0 bridgehead atoms. The first kappa shape index (κ1) is 15.5. The number of rotatable bonds is 4. The largest absolute Gasteiger partial charge is 0.312 e. The van der Waals surface area contributed by atoms with Crippen LogP contribution < -0.4 is 5.32 Å². The summed E-state index contributed by atoms with van der Waals surface area (Å²) in [4.78, 5) is 2.46. The number of hydrogen-bond acceptors (Lipinski definition) is 2. The fourth-order valence-electron chi connectivity index (χ4n) is 4.05. The minimum atomic E-state index is 0.403. The van der Waals surface area contributed by atoms with Gasteiger partial charge in [0.1, 0.15) is 0 Å². The van der Waals surface area contributed by atoms with Crippen molar-refractivity contribution in [2.75, 3.05) is 20.6 Å². The van der Waals surface area contributed by atoms with Crippen molar-refractivity contribution in [2.45, 2.75) is 56.5 Å². The van der Waals surface area contributed by atoms with E-state index in [1.165, 1.54) is 60.5 Å². The van der Waals surface area contributed by atoms with Crippen LogP contribution in [0.4, 0.5) is 0 Å². The lowest BCUT2D eigenvalue weighted by Crippen LogP contribution is -2.52. The standard InChI is InChI=1S/C18H27BrN2/c1-21(2)18(9-3-4-10-18)13-20-17-8-6-14-11-16(19)7-5-15(14)12-17/h5,7,11,17,20H,3-4,6,8-10,12-13H2,1-2H3. The third-order valence-electron chi connectivity index (χ3n) is 5.60. The zero-order valence-electron chi connectivity index (χ0n) is 13.3. The molecule has 0 radical (unpaired) electrons. The van der Waals surface area contributed by atoms with Gasteiger partial charge in [-0.15, -0.1) is 0 Å². The highest BCUT2D eigenvalue weighted by Gasteiger charge is 2.36. The van der Waals surface area contributed by atoms with Crippen LogP contribution in [0.25, 0.3) is 0 Å². The molecular weight excluding hydrogens is 324 g/mol. The molecule has 0 heterocycles. The molecule has 1 aromatic carbocycles. The summed E-state index contributed by atoms with van der Waals surface area (Å²) < 4.78 is 1.21. The van der Waals surface area contributed by atoms with E-state index < -0.39 is 0 Å². The average molecular weight is 351 g/mol. The summed E-state index contributed by atoms with van der Waals surface area (Å²) in [5, 5.41) is 3.89. The molecular formula is C18H27BrN2. The van der Waals surface area contributed by atoms with Crippen LogP contribution in [-0.4, -0.2) is 37.1 Å². The zero-order chi connectivity index (χ0) is 14.9. The lowest BCUT2D eigenvalue weighted by molar-refractivity contribution is 0.147. The molecule has 21 heavy (non-hydrogen) atoms. The predicted octanol–water partition coefficient (Wildman–Crippen LogP) is 3.77. The smallest absolute Gasteiger partial charge is 0.0327 e. The van der Waals surface area contributed by atoms with Gasteiger partial charge in [0, 0.05) is 22.6 Å². The SMILES string of the molecule is CN(C)C1(CNC2CCc3cc(Br)ccc3C2)CCCC1. The maximum Gasteiger partial charge on any atom is 0.0327 e. The fraction of sp³-hybridized carbons (Fsp3) is 0.667. The van der Waals surface area contributed by atoms with Crippen molar-refractivity contribution in [1.82, 2.24) is 10.2 Å². The first-order valence-corrected chi connectivity index (χ1v) is 9.06. The molecule has 1 unspecified atom stereocenters. The molecule has 0 aliphatic heterocycles. The predicted molar refractivity (Wildman–Crippen MR) is 92.8 cm³/mol. The van der Waals surface area contributed by atoms with Crippen molar-refractivity contribution in [3.8, 4) is 0 Å². The van der Waals surface area contributed by atoms with Crippen LogP contribution in [0.1, 0.15) is 43.2 Å². The second kappa shape index (κ2) is 6.39. The topological polar surface area (TPSA) is 15.3 Å². The number of fused-ring (bicyclic) bond motifs is 1. The molecule has 1 N–H and O–H groups in total. The summed E-state index contributed by atoms with van der Waals surface area (Å²) in [5.41, 5.74) is 3.47. The van der Waals surface area contributed by atoms with Crippen LogP contribution in [0.3, 0.4) is 0 Å². The van der Waals surface area contributed by atoms with Crippen molar-refractivity contribution < 1.29 is 0 Å². The van der Waals surface area contributed by atoms with E-state index in [1.807, 2.05) is 0 Å². The van der Waals surface area contributed by atoms with Gasteiger partial charge in [-0.2, -0.15) is 0 Å². The molecule has 1 fully saturated rings. The maximum atomic E-state index is 3.89. The summed E-state index contributed by atoms with van der Waals surface area (Å²) in [6.07, 6.45) is 9.15. The lowest BCUT2D eigenvalue weighted by atomic mass is 9.87.